The minimum atomic E-state index is -0.745. The molecule has 0 spiro atoms. The minimum Gasteiger partial charge on any atom is -0.444 e. The lowest BCUT2D eigenvalue weighted by atomic mass is 10.2. The molecule has 8 nitrogen and oxygen atoms in total. The van der Waals surface area contributed by atoms with Gasteiger partial charge in [0, 0.05) is 12.6 Å². The van der Waals surface area contributed by atoms with Crippen LogP contribution in [-0.2, 0) is 13.0 Å². The van der Waals surface area contributed by atoms with E-state index < -0.39 is 16.5 Å². The molecule has 1 amide bonds. The van der Waals surface area contributed by atoms with E-state index in [-0.39, 0.29) is 17.3 Å². The summed E-state index contributed by atoms with van der Waals surface area (Å²) >= 11 is 5.64. The molecule has 0 atom stereocenters. The van der Waals surface area contributed by atoms with Gasteiger partial charge in [0.25, 0.3) is 5.91 Å². The molecule has 21 heavy (non-hydrogen) atoms. The molecule has 0 fully saturated rings. The third-order valence-electron chi connectivity index (χ3n) is 2.66. The van der Waals surface area contributed by atoms with E-state index in [1.54, 1.807) is 6.20 Å². The molecular formula is C12H11ClN4O4. The van der Waals surface area contributed by atoms with Crippen molar-refractivity contribution in [2.45, 2.75) is 19.9 Å². The standard InChI is InChI=1S/C12H11ClN4O4/c1-2-7-5-15-9(21-7)6-16-12(18)8-3-4-14-11(13)10(8)17(19)20/h3-5H,2,6H2,1H3,(H,16,18). The molecule has 0 unspecified atom stereocenters. The first-order valence-corrected chi connectivity index (χ1v) is 6.41. The average Bonchev–Trinajstić information content (AvgIpc) is 2.92. The largest absolute Gasteiger partial charge is 0.444 e. The Kier molecular flexibility index (Phi) is 4.49. The first-order valence-electron chi connectivity index (χ1n) is 6.03. The second-order valence-corrected chi connectivity index (χ2v) is 4.37. The molecule has 0 saturated heterocycles. The van der Waals surface area contributed by atoms with Crippen LogP contribution in [0.25, 0.3) is 0 Å². The van der Waals surface area contributed by atoms with Crippen LogP contribution in [0.3, 0.4) is 0 Å². The van der Waals surface area contributed by atoms with Gasteiger partial charge in [-0.2, -0.15) is 0 Å². The first-order chi connectivity index (χ1) is 10.0. The van der Waals surface area contributed by atoms with Gasteiger partial charge >= 0.3 is 5.69 Å². The van der Waals surface area contributed by atoms with Crippen molar-refractivity contribution >= 4 is 23.2 Å². The molecule has 0 bridgehead atoms. The molecule has 0 aliphatic carbocycles. The van der Waals surface area contributed by atoms with Crippen LogP contribution in [0.15, 0.2) is 22.9 Å². The van der Waals surface area contributed by atoms with Crippen molar-refractivity contribution in [3.05, 3.63) is 50.9 Å². The molecule has 0 aliphatic rings. The van der Waals surface area contributed by atoms with Crippen LogP contribution in [0.2, 0.25) is 5.15 Å². The van der Waals surface area contributed by atoms with Gasteiger partial charge in [0.05, 0.1) is 17.7 Å². The molecule has 1 N–H and O–H groups in total. The Balaban J connectivity index is 2.14. The molecule has 0 radical (unpaired) electrons. The zero-order valence-electron chi connectivity index (χ0n) is 11.0. The third-order valence-corrected chi connectivity index (χ3v) is 2.93. The van der Waals surface area contributed by atoms with E-state index in [1.807, 2.05) is 6.92 Å². The van der Waals surface area contributed by atoms with E-state index in [0.29, 0.717) is 18.1 Å². The third kappa shape index (κ3) is 3.34. The number of nitrogens with zero attached hydrogens (tertiary/aromatic N) is 3. The van der Waals surface area contributed by atoms with Crippen molar-refractivity contribution in [3.63, 3.8) is 0 Å². The van der Waals surface area contributed by atoms with Gasteiger partial charge in [0.2, 0.25) is 11.0 Å². The van der Waals surface area contributed by atoms with Gasteiger partial charge in [-0.3, -0.25) is 14.9 Å². The molecule has 0 aliphatic heterocycles. The number of carbonyl (C=O) groups excluding carboxylic acids is 1. The first kappa shape index (κ1) is 14.9. The summed E-state index contributed by atoms with van der Waals surface area (Å²) < 4.78 is 5.32. The highest BCUT2D eigenvalue weighted by molar-refractivity contribution is 6.32. The lowest BCUT2D eigenvalue weighted by Gasteiger charge is -2.04. The topological polar surface area (TPSA) is 111 Å². The highest BCUT2D eigenvalue weighted by atomic mass is 35.5. The monoisotopic (exact) mass is 310 g/mol. The molecule has 2 aromatic heterocycles. The van der Waals surface area contributed by atoms with Crippen molar-refractivity contribution < 1.29 is 14.1 Å². The number of halogens is 1. The van der Waals surface area contributed by atoms with Gasteiger partial charge in [-0.15, -0.1) is 0 Å². The Bertz CT molecular complexity index is 686. The molecular weight excluding hydrogens is 300 g/mol. The predicted molar refractivity (Wildman–Crippen MR) is 73.0 cm³/mol. The van der Waals surface area contributed by atoms with Gasteiger partial charge < -0.3 is 9.73 Å². The van der Waals surface area contributed by atoms with Crippen LogP contribution in [0.4, 0.5) is 5.69 Å². The van der Waals surface area contributed by atoms with Crippen LogP contribution < -0.4 is 5.32 Å². The summed E-state index contributed by atoms with van der Waals surface area (Å²) in [4.78, 5) is 29.8. The van der Waals surface area contributed by atoms with Crippen LogP contribution >= 0.6 is 11.6 Å². The summed E-state index contributed by atoms with van der Waals surface area (Å²) in [6, 6.07) is 1.23. The number of amides is 1. The fourth-order valence-corrected chi connectivity index (χ4v) is 1.86. The Hall–Kier alpha value is -2.48. The van der Waals surface area contributed by atoms with E-state index in [2.05, 4.69) is 15.3 Å². The second-order valence-electron chi connectivity index (χ2n) is 4.01. The van der Waals surface area contributed by atoms with E-state index >= 15 is 0 Å². The maximum atomic E-state index is 12.0. The van der Waals surface area contributed by atoms with Gasteiger partial charge in [-0.05, 0) is 6.07 Å². The fraction of sp³-hybridized carbons (Fsp3) is 0.250. The number of nitrogens with one attached hydrogen (secondary N) is 1. The Labute approximate surface area is 124 Å². The summed E-state index contributed by atoms with van der Waals surface area (Å²) in [6.45, 7) is 1.93. The van der Waals surface area contributed by atoms with E-state index in [4.69, 9.17) is 16.0 Å². The minimum absolute atomic E-state index is 0.0237. The zero-order chi connectivity index (χ0) is 15.4. The fourth-order valence-electron chi connectivity index (χ4n) is 1.63. The average molecular weight is 311 g/mol. The Morgan fingerprint density at radius 2 is 2.29 bits per heavy atom. The normalized spacial score (nSPS) is 10.4. The number of hydrogen-bond donors (Lipinski definition) is 1. The number of aryl methyl sites for hydroxylation is 1. The molecule has 0 aromatic carbocycles. The van der Waals surface area contributed by atoms with Crippen molar-refractivity contribution in [2.75, 3.05) is 0 Å². The smallest absolute Gasteiger partial charge is 0.319 e. The number of hydrogen-bond acceptors (Lipinski definition) is 6. The van der Waals surface area contributed by atoms with Gasteiger partial charge in [0.15, 0.2) is 0 Å². The number of pyridine rings is 1. The maximum absolute atomic E-state index is 12.0. The number of oxazole rings is 1. The van der Waals surface area contributed by atoms with Crippen LogP contribution in [-0.4, -0.2) is 20.8 Å². The van der Waals surface area contributed by atoms with Crippen molar-refractivity contribution in [3.8, 4) is 0 Å². The second kappa shape index (κ2) is 6.31. The Morgan fingerprint density at radius 3 is 2.90 bits per heavy atom. The summed E-state index contributed by atoms with van der Waals surface area (Å²) in [7, 11) is 0. The summed E-state index contributed by atoms with van der Waals surface area (Å²) in [5, 5.41) is 13.1. The number of rotatable bonds is 5. The number of carbonyl (C=O) groups is 1. The highest BCUT2D eigenvalue weighted by Gasteiger charge is 2.24. The van der Waals surface area contributed by atoms with Crippen molar-refractivity contribution in [1.82, 2.24) is 15.3 Å². The van der Waals surface area contributed by atoms with Gasteiger partial charge in [-0.1, -0.05) is 18.5 Å². The number of aromatic nitrogens is 2. The van der Waals surface area contributed by atoms with Crippen LogP contribution in [0.1, 0.15) is 28.9 Å². The maximum Gasteiger partial charge on any atom is 0.319 e. The summed E-state index contributed by atoms with van der Waals surface area (Å²) in [5.74, 6) is 0.363. The van der Waals surface area contributed by atoms with Crippen molar-refractivity contribution in [2.24, 2.45) is 0 Å². The zero-order valence-corrected chi connectivity index (χ0v) is 11.8. The lowest BCUT2D eigenvalue weighted by Crippen LogP contribution is -2.24. The molecule has 2 heterocycles. The summed E-state index contributed by atoms with van der Waals surface area (Å²) in [6.07, 6.45) is 3.48. The Morgan fingerprint density at radius 1 is 1.52 bits per heavy atom. The van der Waals surface area contributed by atoms with Gasteiger partial charge in [0.1, 0.15) is 11.3 Å². The number of nitro groups is 1. The molecule has 9 heteroatoms. The molecule has 2 aromatic rings. The van der Waals surface area contributed by atoms with E-state index in [9.17, 15) is 14.9 Å². The van der Waals surface area contributed by atoms with Crippen molar-refractivity contribution in [1.29, 1.82) is 0 Å². The summed E-state index contributed by atoms with van der Waals surface area (Å²) in [5.41, 5.74) is -0.694. The van der Waals surface area contributed by atoms with E-state index in [0.717, 1.165) is 0 Å². The molecule has 2 rings (SSSR count). The molecule has 110 valence electrons. The quantitative estimate of drug-likeness (QED) is 0.514. The van der Waals surface area contributed by atoms with Crippen LogP contribution in [0, 0.1) is 10.1 Å². The SMILES string of the molecule is CCc1cnc(CNC(=O)c2ccnc(Cl)c2[N+](=O)[O-])o1. The van der Waals surface area contributed by atoms with E-state index in [1.165, 1.54) is 12.3 Å². The molecule has 0 saturated carbocycles. The highest BCUT2D eigenvalue weighted by Crippen LogP contribution is 2.25. The van der Waals surface area contributed by atoms with Crippen LogP contribution in [0.5, 0.6) is 0 Å². The lowest BCUT2D eigenvalue weighted by molar-refractivity contribution is -0.385. The predicted octanol–water partition coefficient (Wildman–Crippen LogP) is 2.12. The van der Waals surface area contributed by atoms with Gasteiger partial charge in [-0.25, -0.2) is 9.97 Å².